The number of carbonyl (C=O) groups is 1. The maximum Gasteiger partial charge on any atom is 0.259 e. The van der Waals surface area contributed by atoms with Crippen LogP contribution in [0.3, 0.4) is 0 Å². The molecule has 138 valence electrons. The average molecular weight is 360 g/mol. The van der Waals surface area contributed by atoms with Gasteiger partial charge in [-0.2, -0.15) is 0 Å². The maximum atomic E-state index is 13.2. The minimum Gasteiger partial charge on any atom is -0.494 e. The molecule has 0 saturated carbocycles. The molecule has 0 fully saturated rings. The predicted molar refractivity (Wildman–Crippen MR) is 108 cm³/mol. The van der Waals surface area contributed by atoms with Crippen LogP contribution in [0, 0.1) is 0 Å². The van der Waals surface area contributed by atoms with Crippen LogP contribution in [0.5, 0.6) is 5.75 Å². The lowest BCUT2D eigenvalue weighted by Crippen LogP contribution is -2.31. The Morgan fingerprint density at radius 1 is 0.963 bits per heavy atom. The molecule has 2 aromatic carbocycles. The minimum absolute atomic E-state index is 0.0855. The van der Waals surface area contributed by atoms with Gasteiger partial charge in [-0.25, -0.2) is 4.98 Å². The highest BCUT2D eigenvalue weighted by molar-refractivity contribution is 6.05. The van der Waals surface area contributed by atoms with Gasteiger partial charge in [0.25, 0.3) is 5.91 Å². The second-order valence-electron chi connectivity index (χ2n) is 6.29. The second kappa shape index (κ2) is 9.53. The molecule has 0 spiro atoms. The van der Waals surface area contributed by atoms with E-state index in [-0.39, 0.29) is 5.91 Å². The Morgan fingerprint density at radius 3 is 2.37 bits per heavy atom. The van der Waals surface area contributed by atoms with Gasteiger partial charge in [0.15, 0.2) is 0 Å². The van der Waals surface area contributed by atoms with Crippen LogP contribution >= 0.6 is 0 Å². The summed E-state index contributed by atoms with van der Waals surface area (Å²) in [5, 5.41) is 0. The van der Waals surface area contributed by atoms with E-state index < -0.39 is 0 Å². The number of nitrogens with zero attached hydrogens (tertiary/aromatic N) is 2. The molecule has 0 saturated heterocycles. The highest BCUT2D eigenvalue weighted by Crippen LogP contribution is 2.20. The molecule has 27 heavy (non-hydrogen) atoms. The van der Waals surface area contributed by atoms with Crippen molar-refractivity contribution in [1.82, 2.24) is 4.98 Å². The predicted octanol–water partition coefficient (Wildman–Crippen LogP) is 5.11. The first-order valence-electron chi connectivity index (χ1n) is 9.27. The molecule has 0 unspecified atom stereocenters. The van der Waals surface area contributed by atoms with Crippen LogP contribution in [0.2, 0.25) is 0 Å². The molecule has 1 heterocycles. The fourth-order valence-electron chi connectivity index (χ4n) is 2.72. The normalized spacial score (nSPS) is 10.4. The summed E-state index contributed by atoms with van der Waals surface area (Å²) >= 11 is 0. The number of hydrogen-bond donors (Lipinski definition) is 0. The molecule has 1 aromatic heterocycles. The van der Waals surface area contributed by atoms with E-state index in [1.165, 1.54) is 0 Å². The number of ether oxygens (including phenoxy) is 1. The van der Waals surface area contributed by atoms with Gasteiger partial charge >= 0.3 is 0 Å². The highest BCUT2D eigenvalue weighted by Gasteiger charge is 2.19. The summed E-state index contributed by atoms with van der Waals surface area (Å²) in [6, 6.07) is 22.8. The summed E-state index contributed by atoms with van der Waals surface area (Å²) in [5.41, 5.74) is 1.66. The van der Waals surface area contributed by atoms with E-state index in [1.807, 2.05) is 72.8 Å². The molecule has 1 amide bonds. The lowest BCUT2D eigenvalue weighted by Gasteiger charge is -2.22. The third kappa shape index (κ3) is 5.17. The molecule has 0 aliphatic heterocycles. The van der Waals surface area contributed by atoms with Gasteiger partial charge in [0.05, 0.1) is 13.2 Å². The lowest BCUT2D eigenvalue weighted by molar-refractivity contribution is 0.0984. The lowest BCUT2D eigenvalue weighted by atomic mass is 10.1. The van der Waals surface area contributed by atoms with Crippen molar-refractivity contribution < 1.29 is 9.53 Å². The van der Waals surface area contributed by atoms with Gasteiger partial charge < -0.3 is 4.74 Å². The van der Waals surface area contributed by atoms with Crippen LogP contribution in [0.25, 0.3) is 0 Å². The monoisotopic (exact) mass is 360 g/mol. The third-order valence-electron chi connectivity index (χ3n) is 4.22. The summed E-state index contributed by atoms with van der Waals surface area (Å²) < 4.78 is 5.68. The Bertz CT molecular complexity index is 833. The first kappa shape index (κ1) is 18.6. The van der Waals surface area contributed by atoms with Crippen molar-refractivity contribution in [2.24, 2.45) is 0 Å². The molecule has 0 aliphatic rings. The Kier molecular flexibility index (Phi) is 6.58. The van der Waals surface area contributed by atoms with Crippen LogP contribution < -0.4 is 9.64 Å². The van der Waals surface area contributed by atoms with Gasteiger partial charge in [-0.05, 0) is 48.4 Å². The third-order valence-corrected chi connectivity index (χ3v) is 4.22. The molecule has 3 aromatic rings. The summed E-state index contributed by atoms with van der Waals surface area (Å²) in [7, 11) is 0. The second-order valence-corrected chi connectivity index (χ2v) is 6.29. The van der Waals surface area contributed by atoms with E-state index in [1.54, 1.807) is 11.1 Å². The van der Waals surface area contributed by atoms with Crippen LogP contribution in [0.1, 0.15) is 35.7 Å². The average Bonchev–Trinajstić information content (AvgIpc) is 2.74. The molecular weight excluding hydrogens is 336 g/mol. The molecular formula is C23H24N2O2. The van der Waals surface area contributed by atoms with Crippen molar-refractivity contribution in [3.8, 4) is 5.75 Å². The zero-order valence-electron chi connectivity index (χ0n) is 15.5. The zero-order chi connectivity index (χ0) is 18.9. The molecule has 4 heteroatoms. The quantitative estimate of drug-likeness (QED) is 0.524. The number of aromatic nitrogens is 1. The topological polar surface area (TPSA) is 42.4 Å². The molecule has 4 nitrogen and oxygen atoms in total. The SMILES string of the molecule is CCCCOc1ccc(C(=O)N(Cc2ccccc2)c2ccccn2)cc1. The van der Waals surface area contributed by atoms with Crippen LogP contribution in [0.4, 0.5) is 5.82 Å². The number of anilines is 1. The minimum atomic E-state index is -0.0855. The fraction of sp³-hybridized carbons (Fsp3) is 0.217. The molecule has 3 rings (SSSR count). The fourth-order valence-corrected chi connectivity index (χ4v) is 2.72. The number of rotatable bonds is 8. The molecule has 0 aliphatic carbocycles. The first-order valence-corrected chi connectivity index (χ1v) is 9.27. The van der Waals surface area contributed by atoms with Crippen LogP contribution in [-0.4, -0.2) is 17.5 Å². The largest absolute Gasteiger partial charge is 0.494 e. The highest BCUT2D eigenvalue weighted by atomic mass is 16.5. The van der Waals surface area contributed by atoms with E-state index in [0.717, 1.165) is 24.2 Å². The Hall–Kier alpha value is -3.14. The van der Waals surface area contributed by atoms with Crippen LogP contribution in [-0.2, 0) is 6.54 Å². The van der Waals surface area contributed by atoms with Gasteiger partial charge in [-0.1, -0.05) is 49.7 Å². The Balaban J connectivity index is 1.80. The van der Waals surface area contributed by atoms with Crippen LogP contribution in [0.15, 0.2) is 79.0 Å². The number of amides is 1. The van der Waals surface area contributed by atoms with Crippen molar-refractivity contribution in [3.05, 3.63) is 90.1 Å². The van der Waals surface area contributed by atoms with E-state index in [9.17, 15) is 4.79 Å². The van der Waals surface area contributed by atoms with Gasteiger partial charge in [-0.3, -0.25) is 9.69 Å². The van der Waals surface area contributed by atoms with Gasteiger partial charge in [0, 0.05) is 11.8 Å². The standard InChI is InChI=1S/C23H24N2O2/c1-2-3-17-27-21-14-12-20(13-15-21)23(26)25(22-11-7-8-16-24-22)18-19-9-5-4-6-10-19/h4-16H,2-3,17-18H2,1H3. The number of carbonyl (C=O) groups excluding carboxylic acids is 1. The molecule has 0 N–H and O–H groups in total. The number of hydrogen-bond acceptors (Lipinski definition) is 3. The van der Waals surface area contributed by atoms with E-state index >= 15 is 0 Å². The van der Waals surface area contributed by atoms with Gasteiger partial charge in [0.2, 0.25) is 0 Å². The van der Waals surface area contributed by atoms with Crippen molar-refractivity contribution in [3.63, 3.8) is 0 Å². The van der Waals surface area contributed by atoms with Crippen molar-refractivity contribution in [2.45, 2.75) is 26.3 Å². The smallest absolute Gasteiger partial charge is 0.259 e. The molecule has 0 bridgehead atoms. The van der Waals surface area contributed by atoms with E-state index in [2.05, 4.69) is 11.9 Å². The maximum absolute atomic E-state index is 13.2. The zero-order valence-corrected chi connectivity index (χ0v) is 15.5. The Labute approximate surface area is 160 Å². The molecule has 0 radical (unpaired) electrons. The number of unbranched alkanes of at least 4 members (excludes halogenated alkanes) is 1. The number of benzene rings is 2. The van der Waals surface area contributed by atoms with E-state index in [4.69, 9.17) is 4.74 Å². The Morgan fingerprint density at radius 2 is 1.70 bits per heavy atom. The van der Waals surface area contributed by atoms with E-state index in [0.29, 0.717) is 24.5 Å². The van der Waals surface area contributed by atoms with Crippen molar-refractivity contribution in [2.75, 3.05) is 11.5 Å². The number of pyridine rings is 1. The summed E-state index contributed by atoms with van der Waals surface area (Å²) in [6.07, 6.45) is 3.81. The summed E-state index contributed by atoms with van der Waals surface area (Å²) in [4.78, 5) is 19.2. The first-order chi connectivity index (χ1) is 13.3. The van der Waals surface area contributed by atoms with Crippen molar-refractivity contribution in [1.29, 1.82) is 0 Å². The van der Waals surface area contributed by atoms with Crippen molar-refractivity contribution >= 4 is 11.7 Å². The summed E-state index contributed by atoms with van der Waals surface area (Å²) in [5.74, 6) is 1.33. The molecule has 0 atom stereocenters. The summed E-state index contributed by atoms with van der Waals surface area (Å²) in [6.45, 7) is 3.29. The van der Waals surface area contributed by atoms with Gasteiger partial charge in [-0.15, -0.1) is 0 Å². The van der Waals surface area contributed by atoms with Gasteiger partial charge in [0.1, 0.15) is 11.6 Å².